The van der Waals surface area contributed by atoms with E-state index in [4.69, 9.17) is 0 Å². The van der Waals surface area contributed by atoms with Gasteiger partial charge >= 0.3 is 143 Å². The van der Waals surface area contributed by atoms with Crippen LogP contribution in [-0.2, 0) is 23.2 Å². The first-order valence-electron chi connectivity index (χ1n) is 7.98. The van der Waals surface area contributed by atoms with Crippen molar-refractivity contribution in [2.45, 2.75) is 61.6 Å². The van der Waals surface area contributed by atoms with E-state index in [1.165, 1.54) is 11.1 Å². The fraction of sp³-hybridized carbons (Fsp3) is 0.600. The Hall–Kier alpha value is 0.423. The molecule has 0 amide bonds. The number of hydrogen-bond acceptors (Lipinski definition) is 0. The largest absolute Gasteiger partial charge is 1.00 e. The first-order valence-corrected chi connectivity index (χ1v) is 10.4. The molecule has 2 unspecified atom stereocenters. The maximum Gasteiger partial charge on any atom is -1.00 e. The first kappa shape index (κ1) is 23.4. The monoisotopic (exact) mass is 430 g/mol. The van der Waals surface area contributed by atoms with Crippen LogP contribution in [0.5, 0.6) is 0 Å². The summed E-state index contributed by atoms with van der Waals surface area (Å²) in [5, 5.41) is 0. The van der Waals surface area contributed by atoms with E-state index < -0.39 is 23.2 Å². The molecule has 2 aliphatic carbocycles. The SMILES string of the molecule is CC1=C[C]([Zr+2][C]2(C(C)(C)C)C=CC(C)=C2)(C(C)(C)C)C=C1.[Cl-].[Cl-]. The van der Waals surface area contributed by atoms with Crippen LogP contribution in [-0.4, -0.2) is 0 Å². The van der Waals surface area contributed by atoms with E-state index in [-0.39, 0.29) is 24.8 Å². The van der Waals surface area contributed by atoms with Crippen LogP contribution >= 0.6 is 0 Å². The van der Waals surface area contributed by atoms with Crippen LogP contribution < -0.4 is 24.8 Å². The molecule has 0 bridgehead atoms. The molecule has 0 saturated carbocycles. The van der Waals surface area contributed by atoms with Gasteiger partial charge in [0.2, 0.25) is 0 Å². The average Bonchev–Trinajstić information content (AvgIpc) is 2.83. The van der Waals surface area contributed by atoms with E-state index in [1.807, 2.05) is 0 Å². The molecule has 0 aromatic carbocycles. The van der Waals surface area contributed by atoms with Gasteiger partial charge in [-0.25, -0.2) is 0 Å². The van der Waals surface area contributed by atoms with E-state index >= 15 is 0 Å². The molecule has 128 valence electrons. The summed E-state index contributed by atoms with van der Waals surface area (Å²) in [5.74, 6) is 0. The Kier molecular flexibility index (Phi) is 7.48. The third kappa shape index (κ3) is 4.34. The second-order valence-corrected chi connectivity index (χ2v) is 13.5. The number of halogens is 2. The van der Waals surface area contributed by atoms with Gasteiger partial charge in [-0.1, -0.05) is 0 Å². The number of rotatable bonds is 2. The minimum atomic E-state index is -0.805. The van der Waals surface area contributed by atoms with Crippen molar-refractivity contribution >= 4 is 0 Å². The van der Waals surface area contributed by atoms with Crippen molar-refractivity contribution in [3.05, 3.63) is 47.6 Å². The average molecular weight is 433 g/mol. The molecule has 0 radical (unpaired) electrons. The predicted octanol–water partition coefficient (Wildman–Crippen LogP) is 0.519. The summed E-state index contributed by atoms with van der Waals surface area (Å²) < 4.78 is 0.609. The Morgan fingerprint density at radius 2 is 1.00 bits per heavy atom. The van der Waals surface area contributed by atoms with Gasteiger partial charge in [0, 0.05) is 0 Å². The molecule has 0 nitrogen and oxygen atoms in total. The van der Waals surface area contributed by atoms with Gasteiger partial charge in [-0.2, -0.15) is 0 Å². The Labute approximate surface area is 167 Å². The zero-order valence-electron chi connectivity index (χ0n) is 15.7. The van der Waals surface area contributed by atoms with E-state index in [2.05, 4.69) is 91.8 Å². The molecule has 0 fully saturated rings. The fourth-order valence-electron chi connectivity index (χ4n) is 3.24. The smallest absolute Gasteiger partial charge is 1.00 e. The summed E-state index contributed by atoms with van der Waals surface area (Å²) in [6, 6.07) is 0. The zero-order chi connectivity index (χ0) is 16.1. The summed E-state index contributed by atoms with van der Waals surface area (Å²) in [5.41, 5.74) is 3.48. The predicted molar refractivity (Wildman–Crippen MR) is 90.1 cm³/mol. The summed E-state index contributed by atoms with van der Waals surface area (Å²) in [7, 11) is 0. The Bertz CT molecular complexity index is 505. The number of allylic oxidation sites excluding steroid dienone is 8. The van der Waals surface area contributed by atoms with Crippen molar-refractivity contribution in [3.63, 3.8) is 0 Å². The van der Waals surface area contributed by atoms with Crippen molar-refractivity contribution in [2.24, 2.45) is 10.8 Å². The normalized spacial score (nSPS) is 29.4. The molecule has 23 heavy (non-hydrogen) atoms. The van der Waals surface area contributed by atoms with E-state index in [9.17, 15) is 0 Å². The van der Waals surface area contributed by atoms with Crippen LogP contribution in [0.4, 0.5) is 0 Å². The molecule has 0 heterocycles. The first-order chi connectivity index (χ1) is 9.41. The molecule has 0 spiro atoms. The van der Waals surface area contributed by atoms with Gasteiger partial charge < -0.3 is 24.8 Å². The minimum Gasteiger partial charge on any atom is -1.00 e. The molecule has 0 aromatic rings. The van der Waals surface area contributed by atoms with E-state index in [0.29, 0.717) is 17.1 Å². The Morgan fingerprint density at radius 3 is 1.17 bits per heavy atom. The standard InChI is InChI=1S/2C10H15.2ClH.Zr/c2*1-8-5-6-9(7-8)10(2,3)4;;;/h2*5-7H,1-4H3;2*1H;/q;;;;+2/p-2. The molecular formula is C20H30Cl2Zr. The third-order valence-corrected chi connectivity index (χ3v) is 12.3. The summed E-state index contributed by atoms with van der Waals surface area (Å²) in [6.45, 7) is 19.0. The van der Waals surface area contributed by atoms with Crippen molar-refractivity contribution < 1.29 is 48.0 Å². The summed E-state index contributed by atoms with van der Waals surface area (Å²) >= 11 is -0.805. The quantitative estimate of drug-likeness (QED) is 0.597. The topological polar surface area (TPSA) is 0 Å². The molecule has 2 aliphatic rings. The van der Waals surface area contributed by atoms with Gasteiger partial charge in [0.1, 0.15) is 0 Å². The van der Waals surface area contributed by atoms with Crippen LogP contribution in [0.15, 0.2) is 47.6 Å². The van der Waals surface area contributed by atoms with E-state index in [1.54, 1.807) is 0 Å². The van der Waals surface area contributed by atoms with Crippen molar-refractivity contribution in [3.8, 4) is 0 Å². The van der Waals surface area contributed by atoms with Crippen LogP contribution in [0, 0.1) is 10.8 Å². The molecule has 0 N–H and O–H groups in total. The minimum absolute atomic E-state index is 0. The van der Waals surface area contributed by atoms with Crippen LogP contribution in [0.25, 0.3) is 0 Å². The molecule has 2 rings (SSSR count). The van der Waals surface area contributed by atoms with Crippen LogP contribution in [0.1, 0.15) is 55.4 Å². The van der Waals surface area contributed by atoms with Gasteiger partial charge in [-0.3, -0.25) is 0 Å². The summed E-state index contributed by atoms with van der Waals surface area (Å²) in [4.78, 5) is 0. The maximum atomic E-state index is 2.57. The van der Waals surface area contributed by atoms with Crippen LogP contribution in [0.2, 0.25) is 6.25 Å². The Morgan fingerprint density at radius 1 is 0.696 bits per heavy atom. The van der Waals surface area contributed by atoms with Crippen molar-refractivity contribution in [1.29, 1.82) is 0 Å². The van der Waals surface area contributed by atoms with Gasteiger partial charge in [-0.15, -0.1) is 0 Å². The number of hydrogen-bond donors (Lipinski definition) is 0. The molecule has 2 atom stereocenters. The van der Waals surface area contributed by atoms with E-state index in [0.717, 1.165) is 0 Å². The maximum absolute atomic E-state index is 2.57. The van der Waals surface area contributed by atoms with Gasteiger partial charge in [0.05, 0.1) is 0 Å². The van der Waals surface area contributed by atoms with Crippen molar-refractivity contribution in [1.82, 2.24) is 0 Å². The third-order valence-electron chi connectivity index (χ3n) is 5.02. The molecule has 0 aliphatic heterocycles. The molecular weight excluding hydrogens is 402 g/mol. The molecule has 0 aromatic heterocycles. The second kappa shape index (κ2) is 7.35. The second-order valence-electron chi connectivity index (χ2n) is 8.81. The van der Waals surface area contributed by atoms with Crippen LogP contribution in [0.3, 0.4) is 0 Å². The van der Waals surface area contributed by atoms with Gasteiger partial charge in [0.15, 0.2) is 0 Å². The molecule has 0 saturated heterocycles. The fourth-order valence-corrected chi connectivity index (χ4v) is 9.06. The van der Waals surface area contributed by atoms with Gasteiger partial charge in [0.25, 0.3) is 0 Å². The van der Waals surface area contributed by atoms with Gasteiger partial charge in [-0.05, 0) is 0 Å². The Balaban J connectivity index is 0.00000242. The zero-order valence-corrected chi connectivity index (χ0v) is 19.7. The molecule has 3 heteroatoms. The van der Waals surface area contributed by atoms with Crippen molar-refractivity contribution in [2.75, 3.05) is 0 Å². The summed E-state index contributed by atoms with van der Waals surface area (Å²) in [6.07, 6.45) is 14.9.